The van der Waals surface area contributed by atoms with Gasteiger partial charge in [0.25, 0.3) is 0 Å². The van der Waals surface area contributed by atoms with E-state index < -0.39 is 0 Å². The molecule has 2 nitrogen and oxygen atoms in total. The average molecular weight is 156 g/mol. The molecule has 1 aromatic rings. The number of nitrogens with zero attached hydrogens (tertiary/aromatic N) is 2. The zero-order valence-electron chi connectivity index (χ0n) is 6.59. The lowest BCUT2D eigenvalue weighted by Crippen LogP contribution is -1.89. The molecule has 0 aliphatic heterocycles. The van der Waals surface area contributed by atoms with Crippen molar-refractivity contribution in [1.82, 2.24) is 9.36 Å². The quantitative estimate of drug-likeness (QED) is 0.657. The molecule has 0 unspecified atom stereocenters. The highest BCUT2D eigenvalue weighted by atomic mass is 32.1. The molecule has 0 aliphatic carbocycles. The molecule has 1 heterocycles. The maximum Gasteiger partial charge on any atom is 0.139 e. The molecule has 3 heteroatoms. The molecule has 0 saturated heterocycles. The van der Waals surface area contributed by atoms with E-state index in [0.29, 0.717) is 5.92 Å². The molecule has 1 aromatic heterocycles. The fraction of sp³-hybridized carbons (Fsp3) is 0.714. The SMILES string of the molecule is CC[C@H](C)c1nc(C)ns1. The predicted octanol–water partition coefficient (Wildman–Crippen LogP) is 2.36. The Bertz CT molecular complexity index is 207. The Balaban J connectivity index is 2.74. The lowest BCUT2D eigenvalue weighted by molar-refractivity contribution is 0.724. The van der Waals surface area contributed by atoms with Crippen molar-refractivity contribution < 1.29 is 0 Å². The van der Waals surface area contributed by atoms with Gasteiger partial charge in [-0.25, -0.2) is 4.98 Å². The molecule has 0 saturated carbocycles. The minimum Gasteiger partial charge on any atom is -0.225 e. The molecule has 1 atom stereocenters. The van der Waals surface area contributed by atoms with Gasteiger partial charge in [-0.3, -0.25) is 0 Å². The second-order valence-corrected chi connectivity index (χ2v) is 3.27. The van der Waals surface area contributed by atoms with Crippen molar-refractivity contribution in [1.29, 1.82) is 0 Å². The van der Waals surface area contributed by atoms with Crippen LogP contribution in [-0.2, 0) is 0 Å². The average Bonchev–Trinajstić information content (AvgIpc) is 2.34. The first-order chi connectivity index (χ1) is 4.74. The molecule has 0 radical (unpaired) electrons. The summed E-state index contributed by atoms with van der Waals surface area (Å²) in [5.41, 5.74) is 0. The monoisotopic (exact) mass is 156 g/mol. The summed E-state index contributed by atoms with van der Waals surface area (Å²) in [6.45, 7) is 6.28. The lowest BCUT2D eigenvalue weighted by atomic mass is 10.1. The van der Waals surface area contributed by atoms with Crippen LogP contribution < -0.4 is 0 Å². The van der Waals surface area contributed by atoms with E-state index >= 15 is 0 Å². The van der Waals surface area contributed by atoms with Crippen LogP contribution in [0.1, 0.15) is 37.0 Å². The van der Waals surface area contributed by atoms with Crippen molar-refractivity contribution in [2.75, 3.05) is 0 Å². The Morgan fingerprint density at radius 2 is 2.30 bits per heavy atom. The molecule has 0 spiro atoms. The van der Waals surface area contributed by atoms with E-state index in [1.807, 2.05) is 6.92 Å². The summed E-state index contributed by atoms with van der Waals surface area (Å²) in [5, 5.41) is 1.17. The molecule has 56 valence electrons. The molecule has 0 bridgehead atoms. The lowest BCUT2D eigenvalue weighted by Gasteiger charge is -1.99. The molecule has 0 aliphatic rings. The predicted molar refractivity (Wildman–Crippen MR) is 43.4 cm³/mol. The highest BCUT2D eigenvalue weighted by Gasteiger charge is 2.06. The summed E-state index contributed by atoms with van der Waals surface area (Å²) in [7, 11) is 0. The maximum absolute atomic E-state index is 4.29. The zero-order valence-corrected chi connectivity index (χ0v) is 7.40. The van der Waals surface area contributed by atoms with Crippen molar-refractivity contribution in [3.63, 3.8) is 0 Å². The van der Waals surface area contributed by atoms with Crippen molar-refractivity contribution in [3.05, 3.63) is 10.8 Å². The summed E-state index contributed by atoms with van der Waals surface area (Å²) >= 11 is 1.52. The third-order valence-electron chi connectivity index (χ3n) is 1.58. The van der Waals surface area contributed by atoms with Crippen molar-refractivity contribution >= 4 is 11.5 Å². The Morgan fingerprint density at radius 3 is 2.70 bits per heavy atom. The largest absolute Gasteiger partial charge is 0.225 e. The van der Waals surface area contributed by atoms with Gasteiger partial charge in [-0.1, -0.05) is 13.8 Å². The second kappa shape index (κ2) is 3.10. The standard InChI is InChI=1S/C7H12N2S/c1-4-5(2)7-8-6(3)9-10-7/h5H,4H2,1-3H3/t5-/m0/s1. The van der Waals surface area contributed by atoms with Gasteiger partial charge in [0.1, 0.15) is 10.8 Å². The van der Waals surface area contributed by atoms with Crippen LogP contribution in [0, 0.1) is 6.92 Å². The maximum atomic E-state index is 4.29. The van der Waals surface area contributed by atoms with Crippen molar-refractivity contribution in [2.24, 2.45) is 0 Å². The Labute approximate surface area is 65.5 Å². The van der Waals surface area contributed by atoms with Gasteiger partial charge in [0, 0.05) is 5.92 Å². The van der Waals surface area contributed by atoms with E-state index in [1.54, 1.807) is 0 Å². The highest BCUT2D eigenvalue weighted by Crippen LogP contribution is 2.19. The number of hydrogen-bond donors (Lipinski definition) is 0. The molecule has 0 aromatic carbocycles. The van der Waals surface area contributed by atoms with E-state index in [2.05, 4.69) is 23.2 Å². The number of aryl methyl sites for hydroxylation is 1. The topological polar surface area (TPSA) is 25.8 Å². The number of aromatic nitrogens is 2. The van der Waals surface area contributed by atoms with E-state index in [4.69, 9.17) is 0 Å². The van der Waals surface area contributed by atoms with Crippen LogP contribution in [0.2, 0.25) is 0 Å². The van der Waals surface area contributed by atoms with Crippen LogP contribution in [0.15, 0.2) is 0 Å². The summed E-state index contributed by atoms with van der Waals surface area (Å²) in [6.07, 6.45) is 1.15. The molecular weight excluding hydrogens is 144 g/mol. The minimum absolute atomic E-state index is 0.575. The zero-order chi connectivity index (χ0) is 7.56. The minimum atomic E-state index is 0.575. The van der Waals surface area contributed by atoms with Gasteiger partial charge in [0.15, 0.2) is 0 Å². The normalized spacial score (nSPS) is 13.5. The molecule has 1 rings (SSSR count). The first-order valence-electron chi connectivity index (χ1n) is 3.54. The van der Waals surface area contributed by atoms with Crippen molar-refractivity contribution in [2.45, 2.75) is 33.1 Å². The van der Waals surface area contributed by atoms with Gasteiger partial charge in [0.05, 0.1) is 0 Å². The Hall–Kier alpha value is -0.440. The van der Waals surface area contributed by atoms with Crippen LogP contribution in [0.3, 0.4) is 0 Å². The third kappa shape index (κ3) is 1.53. The smallest absolute Gasteiger partial charge is 0.139 e. The third-order valence-corrected chi connectivity index (χ3v) is 2.61. The first kappa shape index (κ1) is 7.66. The van der Waals surface area contributed by atoms with E-state index in [-0.39, 0.29) is 0 Å². The van der Waals surface area contributed by atoms with Crippen molar-refractivity contribution in [3.8, 4) is 0 Å². The molecule has 0 N–H and O–H groups in total. The molecular formula is C7H12N2S. The summed E-state index contributed by atoms with van der Waals surface area (Å²) in [4.78, 5) is 4.29. The van der Waals surface area contributed by atoms with E-state index in [1.165, 1.54) is 16.5 Å². The van der Waals surface area contributed by atoms with Gasteiger partial charge >= 0.3 is 0 Å². The van der Waals surface area contributed by atoms with Gasteiger partial charge in [0.2, 0.25) is 0 Å². The summed E-state index contributed by atoms with van der Waals surface area (Å²) < 4.78 is 4.12. The molecule has 10 heavy (non-hydrogen) atoms. The van der Waals surface area contributed by atoms with Gasteiger partial charge in [-0.05, 0) is 24.9 Å². The van der Waals surface area contributed by atoms with Gasteiger partial charge < -0.3 is 0 Å². The summed E-state index contributed by atoms with van der Waals surface area (Å²) in [6, 6.07) is 0. The molecule has 0 amide bonds. The van der Waals surface area contributed by atoms with Crippen LogP contribution in [-0.4, -0.2) is 9.36 Å². The summed E-state index contributed by atoms with van der Waals surface area (Å²) in [5.74, 6) is 1.48. The van der Waals surface area contributed by atoms with Crippen LogP contribution in [0.25, 0.3) is 0 Å². The number of rotatable bonds is 2. The first-order valence-corrected chi connectivity index (χ1v) is 4.31. The fourth-order valence-corrected chi connectivity index (χ4v) is 1.47. The van der Waals surface area contributed by atoms with Gasteiger partial charge in [-0.2, -0.15) is 4.37 Å². The van der Waals surface area contributed by atoms with Crippen LogP contribution >= 0.6 is 11.5 Å². The van der Waals surface area contributed by atoms with E-state index in [9.17, 15) is 0 Å². The Morgan fingerprint density at radius 1 is 1.60 bits per heavy atom. The second-order valence-electron chi connectivity index (χ2n) is 2.49. The Kier molecular flexibility index (Phi) is 2.38. The molecule has 0 fully saturated rings. The fourth-order valence-electron chi connectivity index (χ4n) is 0.688. The van der Waals surface area contributed by atoms with Crippen LogP contribution in [0.5, 0.6) is 0 Å². The van der Waals surface area contributed by atoms with Crippen LogP contribution in [0.4, 0.5) is 0 Å². The number of hydrogen-bond acceptors (Lipinski definition) is 3. The highest BCUT2D eigenvalue weighted by molar-refractivity contribution is 7.05. The van der Waals surface area contributed by atoms with Gasteiger partial charge in [-0.15, -0.1) is 0 Å². The van der Waals surface area contributed by atoms with E-state index in [0.717, 1.165) is 12.2 Å².